The van der Waals surface area contributed by atoms with Crippen LogP contribution in [-0.4, -0.2) is 91.3 Å². The molecule has 3 heterocycles. The fraction of sp³-hybridized carbons (Fsp3) is 0.562. The molecule has 85 heavy (non-hydrogen) atoms. The van der Waals surface area contributed by atoms with Gasteiger partial charge in [-0.25, -0.2) is 0 Å². The van der Waals surface area contributed by atoms with Crippen LogP contribution in [0.25, 0.3) is 0 Å². The first kappa shape index (κ1) is 59.1. The molecule has 452 valence electrons. The van der Waals surface area contributed by atoms with Crippen molar-refractivity contribution in [1.29, 1.82) is 0 Å². The average Bonchev–Trinajstić information content (AvgIpc) is 1.77. The highest BCUT2D eigenvalue weighted by molar-refractivity contribution is 8.76. The Kier molecular flexibility index (Phi) is 17.9. The standard InChI is InChI=1S/C73H91N3O7S2/c1-2-43-29-49-34-65(80)67(83-68-35-50(30-52-18-12-27-75-52)54-24-28-76-72(74)62(54)42-85-84-41-51(39-77)71(68)82)37-57(49)59-36-66(81)69-48(33-56(43)59)23-26-73(25-11-10-20-64(69)79)38-61(44-13-4-3-5-14-44)60-32-47-17-7-6-16-46(47)31-58-53-19-9-8-15-45(53)21-22-55(58)70(60)63(73)40-78/h3-7,12-14,16-18,21-22,24,27,33-34,37,43,45,48,50-51,53,55,58-61,63-64,66,68-71,75-82H,2,8-11,15,19-20,25,28-32,35-36,38-42,74H2,1H3. The summed E-state index contributed by atoms with van der Waals surface area (Å²) < 4.78 is 7.05. The molecule has 19 atom stereocenters. The van der Waals surface area contributed by atoms with Crippen molar-refractivity contribution in [2.75, 3.05) is 31.3 Å². The molecule has 4 aromatic rings. The minimum absolute atomic E-state index is 0.00109. The van der Waals surface area contributed by atoms with Gasteiger partial charge >= 0.3 is 0 Å². The summed E-state index contributed by atoms with van der Waals surface area (Å²) in [6.07, 6.45) is 22.3. The highest BCUT2D eigenvalue weighted by atomic mass is 33.1. The summed E-state index contributed by atoms with van der Waals surface area (Å²) in [7, 11) is 3.28. The van der Waals surface area contributed by atoms with E-state index in [1.54, 1.807) is 21.6 Å². The van der Waals surface area contributed by atoms with Gasteiger partial charge in [0, 0.05) is 83.7 Å². The number of nitrogens with one attached hydrogen (secondary N) is 2. The topological polar surface area (TPSA) is 184 Å². The number of ether oxygens (including phenoxy) is 1. The minimum Gasteiger partial charge on any atom is -0.504 e. The Morgan fingerprint density at radius 3 is 2.38 bits per heavy atom. The second kappa shape index (κ2) is 25.7. The van der Waals surface area contributed by atoms with E-state index in [2.05, 4.69) is 114 Å². The van der Waals surface area contributed by atoms with Crippen LogP contribution in [0.4, 0.5) is 0 Å². The number of H-pyrrole nitrogens is 1. The van der Waals surface area contributed by atoms with Gasteiger partial charge in [-0.05, 0) is 188 Å². The number of dihydropyridines is 1. The third-order valence-corrected chi connectivity index (χ3v) is 25.3. The number of fused-ring (bicyclic) bond motifs is 11. The average molecular weight is 1190 g/mol. The molecule has 1 spiro atoms. The number of aromatic amines is 1. The summed E-state index contributed by atoms with van der Waals surface area (Å²) in [6, 6.07) is 28.4. The summed E-state index contributed by atoms with van der Waals surface area (Å²) in [5.41, 5.74) is 17.0. The number of aliphatic hydroxyl groups is 5. The molecule has 9 aliphatic rings. The zero-order chi connectivity index (χ0) is 58.3. The molecular formula is C73H91N3O7S2. The van der Waals surface area contributed by atoms with Crippen LogP contribution in [0.15, 0.2) is 132 Å². The van der Waals surface area contributed by atoms with Gasteiger partial charge in [-0.2, -0.15) is 0 Å². The lowest BCUT2D eigenvalue weighted by Gasteiger charge is -2.58. The monoisotopic (exact) mass is 1190 g/mol. The van der Waals surface area contributed by atoms with Crippen molar-refractivity contribution in [3.05, 3.63) is 165 Å². The van der Waals surface area contributed by atoms with Crippen LogP contribution in [-0.2, 0) is 25.7 Å². The first-order valence-electron chi connectivity index (χ1n) is 32.6. The second-order valence-electron chi connectivity index (χ2n) is 27.3. The minimum atomic E-state index is -1.06. The molecule has 1 saturated heterocycles. The van der Waals surface area contributed by atoms with Gasteiger partial charge in [0.25, 0.3) is 0 Å². The molecular weight excluding hydrogens is 1090 g/mol. The van der Waals surface area contributed by atoms with Crippen LogP contribution in [0.5, 0.6) is 11.5 Å². The van der Waals surface area contributed by atoms with Crippen molar-refractivity contribution in [3.8, 4) is 23.3 Å². The number of aromatic hydroxyl groups is 1. The highest BCUT2D eigenvalue weighted by Crippen LogP contribution is 2.63. The van der Waals surface area contributed by atoms with Crippen molar-refractivity contribution < 1.29 is 35.4 Å². The third-order valence-electron chi connectivity index (χ3n) is 22.9. The fourth-order valence-corrected chi connectivity index (χ4v) is 21.2. The van der Waals surface area contributed by atoms with Gasteiger partial charge in [0.2, 0.25) is 0 Å². The van der Waals surface area contributed by atoms with Gasteiger partial charge < -0.3 is 51.4 Å². The number of benzene rings is 3. The predicted molar refractivity (Wildman–Crippen MR) is 341 cm³/mol. The zero-order valence-electron chi connectivity index (χ0n) is 49.6. The number of phenolic OH excluding ortho intramolecular Hbond substituents is 1. The lowest BCUT2D eigenvalue weighted by atomic mass is 9.46. The molecule has 3 aromatic carbocycles. The lowest BCUT2D eigenvalue weighted by Crippen LogP contribution is -2.54. The molecule has 7 aliphatic carbocycles. The van der Waals surface area contributed by atoms with Crippen LogP contribution in [0.1, 0.15) is 129 Å². The van der Waals surface area contributed by atoms with Gasteiger partial charge in [-0.1, -0.05) is 151 Å². The lowest BCUT2D eigenvalue weighted by molar-refractivity contribution is -0.0609. The van der Waals surface area contributed by atoms with E-state index in [0.717, 1.165) is 72.9 Å². The first-order valence-corrected chi connectivity index (χ1v) is 35.1. The number of nitrogens with two attached hydrogens (primary N) is 1. The normalized spacial score (nSPS) is 37.3. The Hall–Kier alpha value is -4.84. The van der Waals surface area contributed by atoms with Gasteiger partial charge in [0.1, 0.15) is 11.9 Å². The number of aliphatic hydroxyl groups excluding tert-OH is 5. The van der Waals surface area contributed by atoms with Crippen molar-refractivity contribution >= 4 is 21.6 Å². The maximum Gasteiger partial charge on any atom is 0.161 e. The molecule has 19 unspecified atom stereocenters. The predicted octanol–water partition coefficient (Wildman–Crippen LogP) is 11.7. The second-order valence-corrected chi connectivity index (χ2v) is 29.8. The van der Waals surface area contributed by atoms with E-state index in [1.165, 1.54) is 47.9 Å². The fourth-order valence-electron chi connectivity index (χ4n) is 18.7. The van der Waals surface area contributed by atoms with Crippen molar-refractivity contribution in [2.45, 2.75) is 146 Å². The van der Waals surface area contributed by atoms with Gasteiger partial charge in [0.05, 0.1) is 18.3 Å². The Bertz CT molecular complexity index is 3180. The van der Waals surface area contributed by atoms with Crippen LogP contribution in [0.2, 0.25) is 0 Å². The summed E-state index contributed by atoms with van der Waals surface area (Å²) in [5, 5.41) is 76.5. The summed E-state index contributed by atoms with van der Waals surface area (Å²) in [6.45, 7) is 2.66. The molecule has 0 radical (unpaired) electrons. The van der Waals surface area contributed by atoms with E-state index in [1.807, 2.05) is 24.4 Å². The maximum absolute atomic E-state index is 12.9. The molecule has 3 fully saturated rings. The molecule has 0 bridgehead atoms. The van der Waals surface area contributed by atoms with E-state index >= 15 is 0 Å². The number of rotatable bonds is 8. The number of hydrogen-bond donors (Lipinski definition) is 9. The summed E-state index contributed by atoms with van der Waals surface area (Å²) >= 11 is 0. The van der Waals surface area contributed by atoms with Gasteiger partial charge in [-0.15, -0.1) is 0 Å². The Balaban J connectivity index is 0.891. The quantitative estimate of drug-likeness (QED) is 0.0465. The Morgan fingerprint density at radius 2 is 1.59 bits per heavy atom. The smallest absolute Gasteiger partial charge is 0.161 e. The van der Waals surface area contributed by atoms with E-state index in [9.17, 15) is 30.6 Å². The molecule has 10 nitrogen and oxygen atoms in total. The van der Waals surface area contributed by atoms with E-state index in [4.69, 9.17) is 10.5 Å². The zero-order valence-corrected chi connectivity index (χ0v) is 51.3. The van der Waals surface area contributed by atoms with Crippen molar-refractivity contribution in [2.24, 2.45) is 82.2 Å². The SMILES string of the molecule is CCC1Cc2cc(O)c(OC3CC(Cc4ccc[nH]4)C4=CCNC(N)=C4CSSCC(CO)C3O)cc2C2CC(O)C3C(C#CC4(CCCCC3O)CC(c3ccccc3)C3Cc5ccccc5CC5C(C=CC6CCCCC65)C3C4CO)C=C12. The van der Waals surface area contributed by atoms with Crippen LogP contribution in [0.3, 0.4) is 0 Å². The Morgan fingerprint density at radius 1 is 0.788 bits per heavy atom. The number of hydrogen-bond acceptors (Lipinski definition) is 11. The largest absolute Gasteiger partial charge is 0.504 e. The van der Waals surface area contributed by atoms with Crippen LogP contribution < -0.4 is 15.8 Å². The summed E-state index contributed by atoms with van der Waals surface area (Å²) in [5.74, 6) is 11.3. The molecule has 2 aliphatic heterocycles. The first-order chi connectivity index (χ1) is 41.5. The number of allylic oxidation sites excluding steroid dienone is 5. The number of aromatic nitrogens is 1. The van der Waals surface area contributed by atoms with Crippen LogP contribution in [0, 0.1) is 88.3 Å². The van der Waals surface area contributed by atoms with Crippen molar-refractivity contribution in [1.82, 2.24) is 10.3 Å². The molecule has 12 heteroatoms. The molecule has 1 aromatic heterocycles. The maximum atomic E-state index is 12.9. The van der Waals surface area contributed by atoms with Crippen LogP contribution >= 0.6 is 21.6 Å². The van der Waals surface area contributed by atoms with E-state index in [-0.39, 0.29) is 60.2 Å². The Labute approximate surface area is 512 Å². The van der Waals surface area contributed by atoms with Crippen molar-refractivity contribution in [3.63, 3.8) is 0 Å². The molecule has 0 amide bonds. The third kappa shape index (κ3) is 11.6. The number of phenols is 1. The molecule has 10 N–H and O–H groups in total. The summed E-state index contributed by atoms with van der Waals surface area (Å²) in [4.78, 5) is 3.40. The highest BCUT2D eigenvalue weighted by Gasteiger charge is 2.57. The molecule has 2 saturated carbocycles. The van der Waals surface area contributed by atoms with Gasteiger partial charge in [0.15, 0.2) is 11.5 Å². The molecule has 13 rings (SSSR count). The van der Waals surface area contributed by atoms with Gasteiger partial charge in [-0.3, -0.25) is 0 Å². The van der Waals surface area contributed by atoms with E-state index in [0.29, 0.717) is 85.6 Å². The van der Waals surface area contributed by atoms with E-state index < -0.39 is 47.6 Å².